The Kier molecular flexibility index (Phi) is 3.96. The van der Waals surface area contributed by atoms with Crippen LogP contribution in [0.15, 0.2) is 12.3 Å². The number of rotatable bonds is 3. The maximum atomic E-state index is 11.2. The second-order valence-electron chi connectivity index (χ2n) is 4.96. The molecule has 19 heavy (non-hydrogen) atoms. The van der Waals surface area contributed by atoms with Crippen LogP contribution in [0, 0.1) is 17.0 Å². The molecule has 0 spiro atoms. The maximum absolute atomic E-state index is 11.2. The van der Waals surface area contributed by atoms with Crippen molar-refractivity contribution in [3.05, 3.63) is 27.9 Å². The Balaban J connectivity index is 2.37. The lowest BCUT2D eigenvalue weighted by Gasteiger charge is -2.39. The molecule has 0 bridgehead atoms. The first kappa shape index (κ1) is 13.7. The van der Waals surface area contributed by atoms with E-state index in [2.05, 4.69) is 9.88 Å². The van der Waals surface area contributed by atoms with Gasteiger partial charge in [0.1, 0.15) is 0 Å². The van der Waals surface area contributed by atoms with Crippen LogP contribution in [0.2, 0.25) is 0 Å². The molecule has 0 radical (unpaired) electrons. The number of piperazine rings is 1. The van der Waals surface area contributed by atoms with Crippen LogP contribution < -0.4 is 10.6 Å². The number of nitrogens with two attached hydrogens (primary N) is 1. The highest BCUT2D eigenvalue weighted by molar-refractivity contribution is 5.59. The van der Waals surface area contributed by atoms with Crippen LogP contribution >= 0.6 is 0 Å². The van der Waals surface area contributed by atoms with Crippen LogP contribution in [0.1, 0.15) is 5.56 Å². The summed E-state index contributed by atoms with van der Waals surface area (Å²) in [6.07, 6.45) is 1.66. The Morgan fingerprint density at radius 3 is 2.95 bits per heavy atom. The number of nitro groups is 1. The van der Waals surface area contributed by atoms with Gasteiger partial charge < -0.3 is 15.5 Å². The van der Waals surface area contributed by atoms with Crippen molar-refractivity contribution in [2.75, 3.05) is 38.1 Å². The lowest BCUT2D eigenvalue weighted by atomic mass is 10.1. The summed E-state index contributed by atoms with van der Waals surface area (Å²) in [7, 11) is 2.02. The molecule has 1 aliphatic rings. The van der Waals surface area contributed by atoms with E-state index in [0.29, 0.717) is 18.9 Å². The molecule has 1 aromatic rings. The third-order valence-corrected chi connectivity index (χ3v) is 3.41. The highest BCUT2D eigenvalue weighted by Gasteiger charge is 2.30. The monoisotopic (exact) mass is 265 g/mol. The summed E-state index contributed by atoms with van der Waals surface area (Å²) in [5, 5.41) is 11.2. The highest BCUT2D eigenvalue weighted by Crippen LogP contribution is 2.28. The minimum atomic E-state index is -0.374. The van der Waals surface area contributed by atoms with Gasteiger partial charge in [-0.05, 0) is 19.5 Å². The largest absolute Gasteiger partial charge is 0.344 e. The maximum Gasteiger partial charge on any atom is 0.311 e. The first-order chi connectivity index (χ1) is 9.02. The quantitative estimate of drug-likeness (QED) is 0.627. The minimum absolute atomic E-state index is 0.0583. The number of hydrogen-bond donors (Lipinski definition) is 1. The fourth-order valence-electron chi connectivity index (χ4n) is 2.39. The first-order valence-electron chi connectivity index (χ1n) is 6.29. The van der Waals surface area contributed by atoms with Gasteiger partial charge in [-0.3, -0.25) is 10.1 Å². The smallest absolute Gasteiger partial charge is 0.311 e. The summed E-state index contributed by atoms with van der Waals surface area (Å²) in [6.45, 7) is 4.60. The third kappa shape index (κ3) is 2.82. The molecule has 0 aromatic carbocycles. The van der Waals surface area contributed by atoms with Gasteiger partial charge in [-0.15, -0.1) is 0 Å². The number of nitrogens with zero attached hydrogens (tertiary/aromatic N) is 4. The molecule has 2 rings (SSSR count). The van der Waals surface area contributed by atoms with Crippen molar-refractivity contribution in [1.29, 1.82) is 0 Å². The van der Waals surface area contributed by atoms with Gasteiger partial charge >= 0.3 is 5.69 Å². The molecule has 7 heteroatoms. The minimum Gasteiger partial charge on any atom is -0.344 e. The molecule has 1 aromatic heterocycles. The molecule has 1 saturated heterocycles. The van der Waals surface area contributed by atoms with E-state index < -0.39 is 0 Å². The Morgan fingerprint density at radius 1 is 1.58 bits per heavy atom. The predicted molar refractivity (Wildman–Crippen MR) is 73.3 cm³/mol. The second kappa shape index (κ2) is 5.50. The molecule has 0 aliphatic carbocycles. The topological polar surface area (TPSA) is 88.5 Å². The van der Waals surface area contributed by atoms with Crippen molar-refractivity contribution < 1.29 is 4.92 Å². The highest BCUT2D eigenvalue weighted by atomic mass is 16.6. The zero-order chi connectivity index (χ0) is 14.0. The van der Waals surface area contributed by atoms with Crippen LogP contribution in [-0.2, 0) is 0 Å². The number of hydrogen-bond acceptors (Lipinski definition) is 6. The fourth-order valence-corrected chi connectivity index (χ4v) is 2.39. The van der Waals surface area contributed by atoms with Gasteiger partial charge in [0.05, 0.1) is 11.0 Å². The standard InChI is InChI=1S/C12H19N5O2/c1-9-5-11(17(18)19)12(14-7-9)16-4-3-15(2)8-10(16)6-13/h5,7,10H,3-4,6,8,13H2,1-2H3. The van der Waals surface area contributed by atoms with Gasteiger partial charge in [0.2, 0.25) is 5.82 Å². The van der Waals surface area contributed by atoms with Crippen molar-refractivity contribution >= 4 is 11.5 Å². The number of pyridine rings is 1. The second-order valence-corrected chi connectivity index (χ2v) is 4.96. The van der Waals surface area contributed by atoms with Crippen LogP contribution in [0.5, 0.6) is 0 Å². The SMILES string of the molecule is Cc1cnc(N2CCN(C)CC2CN)c([N+](=O)[O-])c1. The van der Waals surface area contributed by atoms with Crippen molar-refractivity contribution in [3.8, 4) is 0 Å². The summed E-state index contributed by atoms with van der Waals surface area (Å²) in [5.74, 6) is 0.430. The van der Waals surface area contributed by atoms with E-state index in [0.717, 1.165) is 18.7 Å². The number of aromatic nitrogens is 1. The van der Waals surface area contributed by atoms with Crippen LogP contribution in [0.4, 0.5) is 11.5 Å². The Morgan fingerprint density at radius 2 is 2.32 bits per heavy atom. The molecule has 0 saturated carbocycles. The molecule has 0 amide bonds. The van der Waals surface area contributed by atoms with Crippen molar-refractivity contribution in [2.24, 2.45) is 5.73 Å². The summed E-state index contributed by atoms with van der Waals surface area (Å²) >= 11 is 0. The van der Waals surface area contributed by atoms with Gasteiger partial charge in [0.15, 0.2) is 0 Å². The number of aryl methyl sites for hydroxylation is 1. The lowest BCUT2D eigenvalue weighted by Crippen LogP contribution is -2.55. The molecule has 1 atom stereocenters. The average molecular weight is 265 g/mol. The van der Waals surface area contributed by atoms with Crippen LogP contribution in [0.25, 0.3) is 0 Å². The fraction of sp³-hybridized carbons (Fsp3) is 0.583. The van der Waals surface area contributed by atoms with E-state index in [-0.39, 0.29) is 16.7 Å². The Bertz CT molecular complexity index is 479. The van der Waals surface area contributed by atoms with Gasteiger partial charge in [-0.1, -0.05) is 0 Å². The van der Waals surface area contributed by atoms with E-state index >= 15 is 0 Å². The van der Waals surface area contributed by atoms with Gasteiger partial charge in [-0.25, -0.2) is 4.98 Å². The summed E-state index contributed by atoms with van der Waals surface area (Å²) < 4.78 is 0. The van der Waals surface area contributed by atoms with E-state index in [1.54, 1.807) is 19.2 Å². The zero-order valence-corrected chi connectivity index (χ0v) is 11.2. The van der Waals surface area contributed by atoms with Crippen molar-refractivity contribution in [1.82, 2.24) is 9.88 Å². The molecular formula is C12H19N5O2. The third-order valence-electron chi connectivity index (χ3n) is 3.41. The predicted octanol–water partition coefficient (Wildman–Crippen LogP) is 0.377. The molecule has 2 N–H and O–H groups in total. The first-order valence-corrected chi connectivity index (χ1v) is 6.29. The van der Waals surface area contributed by atoms with E-state index in [1.165, 1.54) is 0 Å². The Labute approximate surface area is 112 Å². The Hall–Kier alpha value is -1.73. The molecule has 1 unspecified atom stereocenters. The average Bonchev–Trinajstić information content (AvgIpc) is 2.38. The molecule has 104 valence electrons. The molecule has 7 nitrogen and oxygen atoms in total. The van der Waals surface area contributed by atoms with Crippen LogP contribution in [0.3, 0.4) is 0 Å². The van der Waals surface area contributed by atoms with Crippen LogP contribution in [-0.4, -0.2) is 54.1 Å². The molecule has 2 heterocycles. The van der Waals surface area contributed by atoms with Crippen molar-refractivity contribution in [2.45, 2.75) is 13.0 Å². The zero-order valence-electron chi connectivity index (χ0n) is 11.2. The van der Waals surface area contributed by atoms with E-state index in [1.807, 2.05) is 11.9 Å². The molecular weight excluding hydrogens is 246 g/mol. The number of anilines is 1. The summed E-state index contributed by atoms with van der Waals surface area (Å²) in [6, 6.07) is 1.63. The van der Waals surface area contributed by atoms with E-state index in [4.69, 9.17) is 5.73 Å². The summed E-state index contributed by atoms with van der Waals surface area (Å²) in [4.78, 5) is 19.2. The van der Waals surface area contributed by atoms with Gasteiger partial charge in [0.25, 0.3) is 0 Å². The normalized spacial score (nSPS) is 20.6. The van der Waals surface area contributed by atoms with Gasteiger partial charge in [0, 0.05) is 38.4 Å². The lowest BCUT2D eigenvalue weighted by molar-refractivity contribution is -0.384. The molecule has 1 fully saturated rings. The number of likely N-dealkylation sites (N-methyl/N-ethyl adjacent to an activating group) is 1. The summed E-state index contributed by atoms with van der Waals surface area (Å²) in [5.41, 5.74) is 6.63. The van der Waals surface area contributed by atoms with E-state index in [9.17, 15) is 10.1 Å². The van der Waals surface area contributed by atoms with Crippen molar-refractivity contribution in [3.63, 3.8) is 0 Å². The van der Waals surface area contributed by atoms with Gasteiger partial charge in [-0.2, -0.15) is 0 Å². The molecule has 1 aliphatic heterocycles.